The van der Waals surface area contributed by atoms with Crippen molar-refractivity contribution < 1.29 is 4.74 Å². The van der Waals surface area contributed by atoms with Crippen LogP contribution in [0.4, 0.5) is 0 Å². The van der Waals surface area contributed by atoms with Gasteiger partial charge < -0.3 is 10.1 Å². The molecule has 1 unspecified atom stereocenters. The highest BCUT2D eigenvalue weighted by Crippen LogP contribution is 2.23. The summed E-state index contributed by atoms with van der Waals surface area (Å²) >= 11 is 6.20. The Bertz CT molecular complexity index is 579. The summed E-state index contributed by atoms with van der Waals surface area (Å²) in [5.41, 5.74) is 1.93. The van der Waals surface area contributed by atoms with Crippen LogP contribution in [-0.4, -0.2) is 28.6 Å². The number of nitrogens with zero attached hydrogens (tertiary/aromatic N) is 3. The van der Waals surface area contributed by atoms with Crippen molar-refractivity contribution in [2.45, 2.75) is 25.8 Å². The van der Waals surface area contributed by atoms with E-state index in [1.54, 1.807) is 19.5 Å². The maximum absolute atomic E-state index is 6.20. The fraction of sp³-hybridized carbons (Fsp3) is 0.400. The van der Waals surface area contributed by atoms with E-state index in [-0.39, 0.29) is 6.04 Å². The Morgan fingerprint density at radius 1 is 1.38 bits per heavy atom. The highest BCUT2D eigenvalue weighted by molar-refractivity contribution is 6.31. The number of pyridine rings is 1. The summed E-state index contributed by atoms with van der Waals surface area (Å²) in [5, 5.41) is 4.16. The summed E-state index contributed by atoms with van der Waals surface area (Å²) in [7, 11) is 1.60. The second-order valence-electron chi connectivity index (χ2n) is 4.66. The van der Waals surface area contributed by atoms with Gasteiger partial charge in [-0.2, -0.15) is 0 Å². The van der Waals surface area contributed by atoms with Crippen LogP contribution in [0.25, 0.3) is 0 Å². The zero-order valence-electron chi connectivity index (χ0n) is 12.2. The Morgan fingerprint density at radius 2 is 2.24 bits per heavy atom. The number of hydrogen-bond acceptors (Lipinski definition) is 5. The summed E-state index contributed by atoms with van der Waals surface area (Å²) in [6.45, 7) is 3.03. The second kappa shape index (κ2) is 7.90. The van der Waals surface area contributed by atoms with Crippen LogP contribution in [0.15, 0.2) is 30.9 Å². The Balaban J connectivity index is 2.23. The van der Waals surface area contributed by atoms with Crippen LogP contribution in [0.2, 0.25) is 5.02 Å². The first-order valence-corrected chi connectivity index (χ1v) is 7.30. The maximum Gasteiger partial charge on any atom is 0.216 e. The maximum atomic E-state index is 6.20. The predicted molar refractivity (Wildman–Crippen MR) is 82.6 cm³/mol. The van der Waals surface area contributed by atoms with Gasteiger partial charge in [0.2, 0.25) is 5.88 Å². The summed E-state index contributed by atoms with van der Waals surface area (Å²) in [5.74, 6) is 0.559. The lowest BCUT2D eigenvalue weighted by Gasteiger charge is -2.19. The van der Waals surface area contributed by atoms with Crippen molar-refractivity contribution in [2.24, 2.45) is 0 Å². The third kappa shape index (κ3) is 4.37. The normalized spacial score (nSPS) is 12.1. The molecule has 0 amide bonds. The lowest BCUT2D eigenvalue weighted by Crippen LogP contribution is -2.25. The molecule has 0 saturated heterocycles. The van der Waals surface area contributed by atoms with E-state index < -0.39 is 0 Å². The number of hydrogen-bond donors (Lipinski definition) is 1. The topological polar surface area (TPSA) is 59.9 Å². The van der Waals surface area contributed by atoms with Gasteiger partial charge in [0.1, 0.15) is 6.33 Å². The molecule has 6 heteroatoms. The van der Waals surface area contributed by atoms with Crippen LogP contribution >= 0.6 is 11.6 Å². The zero-order chi connectivity index (χ0) is 15.1. The van der Waals surface area contributed by atoms with Gasteiger partial charge in [0.25, 0.3) is 0 Å². The molecule has 0 bridgehead atoms. The molecule has 0 saturated carbocycles. The molecule has 21 heavy (non-hydrogen) atoms. The molecule has 2 aromatic heterocycles. The van der Waals surface area contributed by atoms with Gasteiger partial charge in [-0.25, -0.2) is 9.97 Å². The standard InChI is InChI=1S/C15H19ClN4O/c1-3-5-18-13(7-11-4-6-17-9-12(11)16)14-8-15(21-2)20-10-19-14/h4,6,8-10,13,18H,3,5,7H2,1-2H3. The average molecular weight is 307 g/mol. The molecule has 112 valence electrons. The molecule has 0 radical (unpaired) electrons. The molecule has 0 aliphatic carbocycles. The highest BCUT2D eigenvalue weighted by atomic mass is 35.5. The molecule has 2 heterocycles. The van der Waals surface area contributed by atoms with Crippen LogP contribution in [0.1, 0.15) is 30.6 Å². The summed E-state index contributed by atoms with van der Waals surface area (Å²) in [6, 6.07) is 3.84. The van der Waals surface area contributed by atoms with Gasteiger partial charge in [0.05, 0.1) is 23.9 Å². The van der Waals surface area contributed by atoms with Gasteiger partial charge >= 0.3 is 0 Å². The fourth-order valence-corrected chi connectivity index (χ4v) is 2.24. The molecule has 0 spiro atoms. The van der Waals surface area contributed by atoms with Crippen LogP contribution in [-0.2, 0) is 6.42 Å². The molecule has 1 N–H and O–H groups in total. The first-order valence-electron chi connectivity index (χ1n) is 6.92. The Labute approximate surface area is 129 Å². The highest BCUT2D eigenvalue weighted by Gasteiger charge is 2.15. The number of halogens is 1. The van der Waals surface area contributed by atoms with Crippen molar-refractivity contribution in [1.82, 2.24) is 20.3 Å². The smallest absolute Gasteiger partial charge is 0.216 e. The second-order valence-corrected chi connectivity index (χ2v) is 5.07. The van der Waals surface area contributed by atoms with E-state index in [0.29, 0.717) is 10.9 Å². The van der Waals surface area contributed by atoms with Crippen molar-refractivity contribution >= 4 is 11.6 Å². The van der Waals surface area contributed by atoms with E-state index in [1.165, 1.54) is 6.33 Å². The monoisotopic (exact) mass is 306 g/mol. The number of nitrogens with one attached hydrogen (secondary N) is 1. The molecular formula is C15H19ClN4O. The van der Waals surface area contributed by atoms with E-state index in [9.17, 15) is 0 Å². The lowest BCUT2D eigenvalue weighted by atomic mass is 10.0. The molecule has 0 aromatic carbocycles. The first kappa shape index (κ1) is 15.7. The van der Waals surface area contributed by atoms with Gasteiger partial charge in [-0.1, -0.05) is 18.5 Å². The zero-order valence-corrected chi connectivity index (χ0v) is 13.0. The summed E-state index contributed by atoms with van der Waals surface area (Å²) < 4.78 is 5.17. The van der Waals surface area contributed by atoms with E-state index in [2.05, 4.69) is 27.2 Å². The largest absolute Gasteiger partial charge is 0.481 e. The Kier molecular flexibility index (Phi) is 5.90. The van der Waals surface area contributed by atoms with Crippen LogP contribution in [0.3, 0.4) is 0 Å². The van der Waals surface area contributed by atoms with E-state index in [1.807, 2.05) is 12.1 Å². The van der Waals surface area contributed by atoms with Crippen LogP contribution in [0, 0.1) is 0 Å². The minimum atomic E-state index is 0.0572. The van der Waals surface area contributed by atoms with E-state index >= 15 is 0 Å². The summed E-state index contributed by atoms with van der Waals surface area (Å²) in [6.07, 6.45) is 6.71. The van der Waals surface area contributed by atoms with Gasteiger partial charge in [0.15, 0.2) is 0 Å². The minimum absolute atomic E-state index is 0.0572. The molecule has 5 nitrogen and oxygen atoms in total. The van der Waals surface area contributed by atoms with Gasteiger partial charge in [0, 0.05) is 18.5 Å². The predicted octanol–water partition coefficient (Wildman–Crippen LogP) is 2.82. The van der Waals surface area contributed by atoms with Gasteiger partial charge in [-0.15, -0.1) is 0 Å². The van der Waals surface area contributed by atoms with Crippen molar-refractivity contribution in [3.63, 3.8) is 0 Å². The lowest BCUT2D eigenvalue weighted by molar-refractivity contribution is 0.393. The number of ether oxygens (including phenoxy) is 1. The van der Waals surface area contributed by atoms with Crippen molar-refractivity contribution in [2.75, 3.05) is 13.7 Å². The van der Waals surface area contributed by atoms with Gasteiger partial charge in [-0.3, -0.25) is 4.98 Å². The SMILES string of the molecule is CCCNC(Cc1ccncc1Cl)c1cc(OC)ncn1. The number of rotatable bonds is 7. The number of aromatic nitrogens is 3. The van der Waals surface area contributed by atoms with Crippen molar-refractivity contribution in [1.29, 1.82) is 0 Å². The van der Waals surface area contributed by atoms with Crippen molar-refractivity contribution in [3.05, 3.63) is 47.1 Å². The molecule has 2 aromatic rings. The Morgan fingerprint density at radius 3 is 2.95 bits per heavy atom. The third-order valence-electron chi connectivity index (χ3n) is 3.15. The Hall–Kier alpha value is -1.72. The fourth-order valence-electron chi connectivity index (χ4n) is 2.05. The molecule has 0 aliphatic rings. The van der Waals surface area contributed by atoms with Crippen LogP contribution in [0.5, 0.6) is 5.88 Å². The van der Waals surface area contributed by atoms with Crippen LogP contribution < -0.4 is 10.1 Å². The third-order valence-corrected chi connectivity index (χ3v) is 3.49. The van der Waals surface area contributed by atoms with Gasteiger partial charge in [-0.05, 0) is 31.0 Å². The minimum Gasteiger partial charge on any atom is -0.481 e. The molecule has 2 rings (SSSR count). The molecule has 1 atom stereocenters. The van der Waals surface area contributed by atoms with E-state index in [0.717, 1.165) is 30.6 Å². The van der Waals surface area contributed by atoms with Crippen molar-refractivity contribution in [3.8, 4) is 5.88 Å². The van der Waals surface area contributed by atoms with E-state index in [4.69, 9.17) is 16.3 Å². The molecule has 0 aliphatic heterocycles. The summed E-state index contributed by atoms with van der Waals surface area (Å²) in [4.78, 5) is 12.4. The quantitative estimate of drug-likeness (QED) is 0.852. The molecular weight excluding hydrogens is 288 g/mol. The number of methoxy groups -OCH3 is 1. The first-order chi connectivity index (χ1) is 10.2. The molecule has 0 fully saturated rings. The average Bonchev–Trinajstić information content (AvgIpc) is 2.53.